The van der Waals surface area contributed by atoms with Gasteiger partial charge in [0.25, 0.3) is 0 Å². The van der Waals surface area contributed by atoms with Gasteiger partial charge < -0.3 is 29.2 Å². The van der Waals surface area contributed by atoms with Crippen molar-refractivity contribution in [2.24, 2.45) is 0 Å². The highest BCUT2D eigenvalue weighted by Crippen LogP contribution is 2.56. The zero-order chi connectivity index (χ0) is 31.2. The molecular weight excluding hydrogens is 564 g/mol. The Morgan fingerprint density at radius 1 is 0.422 bits per heavy atom. The third kappa shape index (κ3) is 7.95. The Bertz CT molecular complexity index is 1320. The van der Waals surface area contributed by atoms with E-state index in [9.17, 15) is 0 Å². The quantitative estimate of drug-likeness (QED) is 0.0911. The maximum Gasteiger partial charge on any atom is 0.119 e. The number of aliphatic hydroxyl groups excluding tert-OH is 2. The van der Waals surface area contributed by atoms with Gasteiger partial charge in [-0.25, -0.2) is 0 Å². The fourth-order valence-corrected chi connectivity index (χ4v) is 6.25. The summed E-state index contributed by atoms with van der Waals surface area (Å²) in [6.45, 7) is 3.91. The van der Waals surface area contributed by atoms with Crippen LogP contribution in [0, 0.1) is 0 Å². The van der Waals surface area contributed by atoms with E-state index in [1.54, 1.807) is 0 Å². The highest BCUT2D eigenvalue weighted by molar-refractivity contribution is 5.86. The van der Waals surface area contributed by atoms with Crippen LogP contribution in [0.5, 0.6) is 11.5 Å². The zero-order valence-electron chi connectivity index (χ0n) is 26.2. The van der Waals surface area contributed by atoms with Gasteiger partial charge in [-0.3, -0.25) is 0 Å². The number of aliphatic hydroxyl groups is 2. The number of ether oxygens (including phenoxy) is 4. The van der Waals surface area contributed by atoms with Crippen molar-refractivity contribution in [1.29, 1.82) is 0 Å². The lowest BCUT2D eigenvalue weighted by Crippen LogP contribution is -2.28. The van der Waals surface area contributed by atoms with E-state index in [-0.39, 0.29) is 13.2 Å². The summed E-state index contributed by atoms with van der Waals surface area (Å²) in [7, 11) is 0. The SMILES string of the molecule is OCCCCCOCCOc1ccc(C2(c3ccc(OCCOCCCCCO)cc3)c3ccccc3-c3ccccc32)cc1. The molecule has 6 heteroatoms. The summed E-state index contributed by atoms with van der Waals surface area (Å²) in [5.41, 5.74) is 6.89. The Morgan fingerprint density at radius 2 is 0.844 bits per heavy atom. The van der Waals surface area contributed by atoms with Crippen LogP contribution in [-0.2, 0) is 14.9 Å². The van der Waals surface area contributed by atoms with Gasteiger partial charge in [0.1, 0.15) is 24.7 Å². The van der Waals surface area contributed by atoms with Crippen LogP contribution in [0.25, 0.3) is 11.1 Å². The van der Waals surface area contributed by atoms with Crippen molar-refractivity contribution in [2.75, 3.05) is 52.9 Å². The summed E-state index contributed by atoms with van der Waals surface area (Å²) in [6.07, 6.45) is 5.51. The van der Waals surface area contributed by atoms with Gasteiger partial charge in [0, 0.05) is 26.4 Å². The number of benzene rings is 4. The first-order chi connectivity index (χ1) is 22.3. The second-order valence-corrected chi connectivity index (χ2v) is 11.4. The summed E-state index contributed by atoms with van der Waals surface area (Å²) in [5, 5.41) is 17.8. The van der Waals surface area contributed by atoms with Crippen molar-refractivity contribution in [1.82, 2.24) is 0 Å². The molecule has 0 aromatic heterocycles. The first-order valence-electron chi connectivity index (χ1n) is 16.3. The van der Waals surface area contributed by atoms with Crippen molar-refractivity contribution < 1.29 is 29.2 Å². The van der Waals surface area contributed by atoms with Gasteiger partial charge in [-0.2, -0.15) is 0 Å². The van der Waals surface area contributed by atoms with E-state index in [1.807, 2.05) is 0 Å². The number of fused-ring (bicyclic) bond motifs is 3. The molecule has 6 nitrogen and oxygen atoms in total. The molecule has 4 aromatic rings. The van der Waals surface area contributed by atoms with Gasteiger partial charge in [-0.05, 0) is 96.2 Å². The molecule has 0 bridgehead atoms. The molecular formula is C39H46O6. The van der Waals surface area contributed by atoms with Gasteiger partial charge in [0.2, 0.25) is 0 Å². The van der Waals surface area contributed by atoms with Crippen LogP contribution in [0.1, 0.15) is 60.8 Å². The molecule has 45 heavy (non-hydrogen) atoms. The molecule has 0 saturated heterocycles. The maximum absolute atomic E-state index is 8.90. The van der Waals surface area contributed by atoms with Crippen LogP contribution in [0.2, 0.25) is 0 Å². The van der Waals surface area contributed by atoms with Gasteiger partial charge in [0.15, 0.2) is 0 Å². The Hall–Kier alpha value is -3.68. The van der Waals surface area contributed by atoms with Crippen LogP contribution in [-0.4, -0.2) is 63.1 Å². The minimum atomic E-state index is -0.487. The lowest BCUT2D eigenvalue weighted by molar-refractivity contribution is 0.0963. The van der Waals surface area contributed by atoms with Gasteiger partial charge >= 0.3 is 0 Å². The maximum atomic E-state index is 8.90. The van der Waals surface area contributed by atoms with Crippen LogP contribution >= 0.6 is 0 Å². The van der Waals surface area contributed by atoms with Crippen molar-refractivity contribution in [2.45, 2.75) is 43.9 Å². The molecule has 1 aliphatic carbocycles. The molecule has 2 N–H and O–H groups in total. The lowest BCUT2D eigenvalue weighted by atomic mass is 9.68. The molecule has 0 aliphatic heterocycles. The van der Waals surface area contributed by atoms with Crippen molar-refractivity contribution in [3.63, 3.8) is 0 Å². The molecule has 0 spiro atoms. The molecule has 238 valence electrons. The first-order valence-corrected chi connectivity index (χ1v) is 16.3. The number of hydrogen-bond donors (Lipinski definition) is 2. The Balaban J connectivity index is 1.32. The standard InChI is InChI=1S/C39H46O6/c40-23-7-1-9-25-42-27-29-44-33-19-15-31(16-20-33)39(37-13-5-3-11-35(37)36-12-4-6-14-38(36)39)32-17-21-34(22-18-32)45-30-28-43-26-10-2-8-24-41/h3-6,11-22,40-41H,1-2,7-10,23-30H2. The van der Waals surface area contributed by atoms with E-state index in [4.69, 9.17) is 29.2 Å². The summed E-state index contributed by atoms with van der Waals surface area (Å²) in [4.78, 5) is 0. The average molecular weight is 611 g/mol. The van der Waals surface area contributed by atoms with Crippen LogP contribution in [0.15, 0.2) is 97.1 Å². The topological polar surface area (TPSA) is 77.4 Å². The normalized spacial score (nSPS) is 12.9. The van der Waals surface area contributed by atoms with E-state index >= 15 is 0 Å². The summed E-state index contributed by atoms with van der Waals surface area (Å²) in [6, 6.07) is 34.4. The minimum absolute atomic E-state index is 0.237. The molecule has 0 saturated carbocycles. The van der Waals surface area contributed by atoms with Gasteiger partial charge in [-0.15, -0.1) is 0 Å². The fraction of sp³-hybridized carbons (Fsp3) is 0.385. The Kier molecular flexibility index (Phi) is 12.5. The summed E-state index contributed by atoms with van der Waals surface area (Å²) < 4.78 is 23.4. The molecule has 0 amide bonds. The largest absolute Gasteiger partial charge is 0.491 e. The predicted molar refractivity (Wildman–Crippen MR) is 178 cm³/mol. The highest BCUT2D eigenvalue weighted by atomic mass is 16.5. The van der Waals surface area contributed by atoms with Crippen LogP contribution in [0.4, 0.5) is 0 Å². The Morgan fingerprint density at radius 3 is 1.27 bits per heavy atom. The monoisotopic (exact) mass is 610 g/mol. The number of unbranched alkanes of at least 4 members (excludes halogenated alkanes) is 4. The third-order valence-electron chi connectivity index (χ3n) is 8.41. The minimum Gasteiger partial charge on any atom is -0.491 e. The van der Waals surface area contributed by atoms with E-state index in [0.717, 1.165) is 50.0 Å². The second-order valence-electron chi connectivity index (χ2n) is 11.4. The predicted octanol–water partition coefficient (Wildman–Crippen LogP) is 7.17. The molecule has 0 heterocycles. The smallest absolute Gasteiger partial charge is 0.119 e. The van der Waals surface area contributed by atoms with Crippen molar-refractivity contribution in [3.8, 4) is 22.6 Å². The van der Waals surface area contributed by atoms with Gasteiger partial charge in [0.05, 0.1) is 18.6 Å². The number of rotatable bonds is 20. The molecule has 0 atom stereocenters. The van der Waals surface area contributed by atoms with E-state index < -0.39 is 5.41 Å². The average Bonchev–Trinajstić information content (AvgIpc) is 3.39. The summed E-state index contributed by atoms with van der Waals surface area (Å²) in [5.74, 6) is 1.63. The Labute approximate surface area is 267 Å². The molecule has 5 rings (SSSR count). The molecule has 0 fully saturated rings. The van der Waals surface area contributed by atoms with E-state index in [0.29, 0.717) is 39.6 Å². The first kappa shape index (κ1) is 32.7. The summed E-state index contributed by atoms with van der Waals surface area (Å²) >= 11 is 0. The second kappa shape index (κ2) is 17.1. The highest BCUT2D eigenvalue weighted by Gasteiger charge is 2.45. The molecule has 0 radical (unpaired) electrons. The van der Waals surface area contributed by atoms with E-state index in [2.05, 4.69) is 97.1 Å². The van der Waals surface area contributed by atoms with E-state index in [1.165, 1.54) is 33.4 Å². The van der Waals surface area contributed by atoms with Crippen LogP contribution < -0.4 is 9.47 Å². The third-order valence-corrected chi connectivity index (χ3v) is 8.41. The molecule has 0 unspecified atom stereocenters. The molecule has 1 aliphatic rings. The van der Waals surface area contributed by atoms with Crippen LogP contribution in [0.3, 0.4) is 0 Å². The van der Waals surface area contributed by atoms with Crippen molar-refractivity contribution >= 4 is 0 Å². The lowest BCUT2D eigenvalue weighted by Gasteiger charge is -2.34. The van der Waals surface area contributed by atoms with Crippen molar-refractivity contribution in [3.05, 3.63) is 119 Å². The molecule has 4 aromatic carbocycles. The van der Waals surface area contributed by atoms with Gasteiger partial charge in [-0.1, -0.05) is 72.8 Å². The zero-order valence-corrected chi connectivity index (χ0v) is 26.2. The number of hydrogen-bond acceptors (Lipinski definition) is 6. The fourth-order valence-electron chi connectivity index (χ4n) is 6.25.